The minimum atomic E-state index is -0.981. The van der Waals surface area contributed by atoms with Crippen molar-refractivity contribution in [3.8, 4) is 11.5 Å². The Morgan fingerprint density at radius 2 is 1.50 bits per heavy atom. The van der Waals surface area contributed by atoms with Gasteiger partial charge in [0.2, 0.25) is 0 Å². The van der Waals surface area contributed by atoms with Crippen LogP contribution >= 0.6 is 0 Å². The zero-order chi connectivity index (χ0) is 28.9. The van der Waals surface area contributed by atoms with Crippen LogP contribution < -0.4 is 14.8 Å². The third-order valence-corrected chi connectivity index (χ3v) is 6.40. The van der Waals surface area contributed by atoms with Crippen molar-refractivity contribution in [1.82, 2.24) is 4.90 Å². The van der Waals surface area contributed by atoms with Crippen molar-refractivity contribution >= 4 is 17.7 Å². The van der Waals surface area contributed by atoms with E-state index in [1.807, 2.05) is 63.2 Å². The van der Waals surface area contributed by atoms with Gasteiger partial charge in [-0.05, 0) is 75.1 Å². The highest BCUT2D eigenvalue weighted by atomic mass is 16.5. The Balaban J connectivity index is 1.59. The van der Waals surface area contributed by atoms with Crippen molar-refractivity contribution in [3.05, 3.63) is 89.0 Å². The van der Waals surface area contributed by atoms with E-state index in [1.165, 1.54) is 0 Å². The molecular formula is C32H40N2O6. The van der Waals surface area contributed by atoms with Gasteiger partial charge in [0.15, 0.2) is 6.10 Å². The van der Waals surface area contributed by atoms with Crippen molar-refractivity contribution in [2.45, 2.75) is 46.6 Å². The van der Waals surface area contributed by atoms with Crippen LogP contribution in [0.3, 0.4) is 0 Å². The van der Waals surface area contributed by atoms with Crippen LogP contribution in [0.25, 0.3) is 0 Å². The number of aryl methyl sites for hydroxylation is 3. The summed E-state index contributed by atoms with van der Waals surface area (Å²) in [5, 5.41) is 12.4. The van der Waals surface area contributed by atoms with E-state index in [4.69, 9.17) is 14.2 Å². The second kappa shape index (κ2) is 15.5. The van der Waals surface area contributed by atoms with Crippen molar-refractivity contribution in [2.24, 2.45) is 0 Å². The molecule has 0 radical (unpaired) electrons. The summed E-state index contributed by atoms with van der Waals surface area (Å²) in [7, 11) is 0. The molecule has 0 spiro atoms. The lowest BCUT2D eigenvalue weighted by molar-refractivity contribution is -0.149. The van der Waals surface area contributed by atoms with E-state index < -0.39 is 12.1 Å². The van der Waals surface area contributed by atoms with E-state index in [9.17, 15) is 14.7 Å². The minimum absolute atomic E-state index is 0.190. The molecule has 2 N–H and O–H groups in total. The lowest BCUT2D eigenvalue weighted by atomic mass is 10.1. The molecule has 0 saturated carbocycles. The third kappa shape index (κ3) is 9.61. The highest BCUT2D eigenvalue weighted by molar-refractivity contribution is 5.91. The largest absolute Gasteiger partial charge is 0.494 e. The number of benzene rings is 3. The molecule has 0 aliphatic carbocycles. The summed E-state index contributed by atoms with van der Waals surface area (Å²) in [6, 6.07) is 20.8. The number of nitrogens with one attached hydrogen (secondary N) is 1. The minimum Gasteiger partial charge on any atom is -0.494 e. The van der Waals surface area contributed by atoms with E-state index in [-0.39, 0.29) is 12.5 Å². The summed E-state index contributed by atoms with van der Waals surface area (Å²) in [6.45, 7) is 9.80. The second-order valence-corrected chi connectivity index (χ2v) is 9.68. The van der Waals surface area contributed by atoms with Gasteiger partial charge in [-0.25, -0.2) is 9.59 Å². The molecule has 0 fully saturated rings. The molecule has 0 saturated heterocycles. The Labute approximate surface area is 236 Å². The van der Waals surface area contributed by atoms with Crippen LogP contribution in [-0.4, -0.2) is 61.0 Å². The van der Waals surface area contributed by atoms with Gasteiger partial charge in [-0.1, -0.05) is 48.0 Å². The summed E-state index contributed by atoms with van der Waals surface area (Å²) in [4.78, 5) is 26.4. The van der Waals surface area contributed by atoms with Crippen molar-refractivity contribution in [2.75, 3.05) is 38.2 Å². The second-order valence-electron chi connectivity index (χ2n) is 9.68. The highest BCUT2D eigenvalue weighted by Crippen LogP contribution is 2.22. The zero-order valence-corrected chi connectivity index (χ0v) is 23.8. The van der Waals surface area contributed by atoms with Gasteiger partial charge in [0.1, 0.15) is 18.1 Å². The molecule has 3 aromatic carbocycles. The quantitative estimate of drug-likeness (QED) is 0.225. The smallest absolute Gasteiger partial charge is 0.333 e. The number of carbonyl (C=O) groups excluding carboxylic acids is 1. The van der Waals surface area contributed by atoms with Crippen LogP contribution in [0.4, 0.5) is 10.5 Å². The molecule has 1 atom stereocenters. The molecule has 3 rings (SSSR count). The monoisotopic (exact) mass is 548 g/mol. The number of nitrogens with zero attached hydrogens (tertiary/aromatic N) is 1. The molecule has 0 aliphatic heterocycles. The van der Waals surface area contributed by atoms with Gasteiger partial charge in [-0.2, -0.15) is 0 Å². The van der Waals surface area contributed by atoms with E-state index >= 15 is 0 Å². The highest BCUT2D eigenvalue weighted by Gasteiger charge is 2.18. The fourth-order valence-corrected chi connectivity index (χ4v) is 4.47. The lowest BCUT2D eigenvalue weighted by Crippen LogP contribution is -2.39. The Morgan fingerprint density at radius 1 is 0.875 bits per heavy atom. The van der Waals surface area contributed by atoms with Crippen LogP contribution in [0.1, 0.15) is 35.6 Å². The average Bonchev–Trinajstić information content (AvgIpc) is 2.93. The summed E-state index contributed by atoms with van der Waals surface area (Å²) < 4.78 is 17.0. The first-order valence-corrected chi connectivity index (χ1v) is 13.6. The predicted molar refractivity (Wildman–Crippen MR) is 156 cm³/mol. The molecule has 8 nitrogen and oxygen atoms in total. The van der Waals surface area contributed by atoms with Gasteiger partial charge in [0.05, 0.1) is 13.2 Å². The van der Waals surface area contributed by atoms with Gasteiger partial charge in [-0.3, -0.25) is 0 Å². The zero-order valence-electron chi connectivity index (χ0n) is 23.8. The standard InChI is InChI=1S/C32H40N2O6/c1-5-38-29(31(35)36)22-26-12-14-28(15-13-26)40-19-17-34(16-9-18-39-27-10-7-6-8-11-27)32(37)33-30-24(3)20-23(2)21-25(30)4/h6-8,10-15,20-21,29H,5,9,16-19,22H2,1-4H3,(H,33,37)(H,35,36). The number of carboxylic acids is 1. The van der Waals surface area contributed by atoms with Crippen LogP contribution in [0.15, 0.2) is 66.7 Å². The summed E-state index contributed by atoms with van der Waals surface area (Å²) in [5.74, 6) is 0.461. The molecule has 0 heterocycles. The maximum Gasteiger partial charge on any atom is 0.333 e. The normalized spacial score (nSPS) is 11.5. The Bertz CT molecular complexity index is 1210. The number of hydrogen-bond donors (Lipinski definition) is 2. The number of para-hydroxylation sites is 1. The Kier molecular flexibility index (Phi) is 11.8. The van der Waals surface area contributed by atoms with Crippen molar-refractivity contribution in [1.29, 1.82) is 0 Å². The van der Waals surface area contributed by atoms with E-state index in [0.717, 1.165) is 33.7 Å². The van der Waals surface area contributed by atoms with Crippen LogP contribution in [0.5, 0.6) is 11.5 Å². The van der Waals surface area contributed by atoms with E-state index in [1.54, 1.807) is 24.0 Å². The van der Waals surface area contributed by atoms with Gasteiger partial charge < -0.3 is 29.5 Å². The summed E-state index contributed by atoms with van der Waals surface area (Å²) in [6.07, 6.45) is 0.0591. The number of carboxylic acid groups (broad SMARTS) is 1. The molecule has 0 aromatic heterocycles. The van der Waals surface area contributed by atoms with Crippen molar-refractivity contribution in [3.63, 3.8) is 0 Å². The molecular weight excluding hydrogens is 508 g/mol. The average molecular weight is 549 g/mol. The van der Waals surface area contributed by atoms with E-state index in [2.05, 4.69) is 17.4 Å². The molecule has 214 valence electrons. The molecule has 3 aromatic rings. The number of aliphatic carboxylic acids is 1. The lowest BCUT2D eigenvalue weighted by Gasteiger charge is -2.24. The fourth-order valence-electron chi connectivity index (χ4n) is 4.47. The number of urea groups is 1. The first-order chi connectivity index (χ1) is 19.3. The first-order valence-electron chi connectivity index (χ1n) is 13.6. The summed E-state index contributed by atoms with van der Waals surface area (Å²) >= 11 is 0. The van der Waals surface area contributed by atoms with Crippen LogP contribution in [0, 0.1) is 20.8 Å². The molecule has 2 amide bonds. The number of carbonyl (C=O) groups is 2. The first kappa shape index (κ1) is 30.5. The maximum atomic E-state index is 13.3. The van der Waals surface area contributed by atoms with Crippen LogP contribution in [0.2, 0.25) is 0 Å². The number of rotatable bonds is 15. The molecule has 8 heteroatoms. The maximum absolute atomic E-state index is 13.3. The van der Waals surface area contributed by atoms with Crippen LogP contribution in [-0.2, 0) is 16.0 Å². The number of hydrogen-bond acceptors (Lipinski definition) is 5. The predicted octanol–water partition coefficient (Wildman–Crippen LogP) is 6.03. The Hall–Kier alpha value is -4.04. The molecule has 1 unspecified atom stereocenters. The number of amides is 2. The molecule has 0 aliphatic rings. The van der Waals surface area contributed by atoms with Gasteiger partial charge in [0, 0.05) is 25.3 Å². The molecule has 0 bridgehead atoms. The molecule has 40 heavy (non-hydrogen) atoms. The number of ether oxygens (including phenoxy) is 3. The third-order valence-electron chi connectivity index (χ3n) is 6.40. The fraction of sp³-hybridized carbons (Fsp3) is 0.375. The summed E-state index contributed by atoms with van der Waals surface area (Å²) in [5.41, 5.74) is 4.85. The Morgan fingerprint density at radius 3 is 2.12 bits per heavy atom. The van der Waals surface area contributed by atoms with Gasteiger partial charge in [-0.15, -0.1) is 0 Å². The van der Waals surface area contributed by atoms with Gasteiger partial charge in [0.25, 0.3) is 0 Å². The number of anilines is 1. The van der Waals surface area contributed by atoms with Gasteiger partial charge >= 0.3 is 12.0 Å². The topological polar surface area (TPSA) is 97.3 Å². The van der Waals surface area contributed by atoms with Crippen molar-refractivity contribution < 1.29 is 28.9 Å². The SMILES string of the molecule is CCOC(Cc1ccc(OCCN(CCCOc2ccccc2)C(=O)Nc2c(C)cc(C)cc2C)cc1)C(=O)O. The van der Waals surface area contributed by atoms with E-state index in [0.29, 0.717) is 45.1 Å².